The van der Waals surface area contributed by atoms with Crippen LogP contribution < -0.4 is 20.1 Å². The average molecular weight is 466 g/mol. The van der Waals surface area contributed by atoms with E-state index in [-0.39, 0.29) is 10.9 Å². The predicted molar refractivity (Wildman–Crippen MR) is 127 cm³/mol. The monoisotopic (exact) mass is 465 g/mol. The van der Waals surface area contributed by atoms with Crippen molar-refractivity contribution < 1.29 is 18.7 Å². The summed E-state index contributed by atoms with van der Waals surface area (Å²) in [7, 11) is 3.02. The zero-order valence-electron chi connectivity index (χ0n) is 18.0. The molecule has 0 radical (unpaired) electrons. The van der Waals surface area contributed by atoms with Crippen LogP contribution in [-0.2, 0) is 0 Å². The van der Waals surface area contributed by atoms with Crippen molar-refractivity contribution in [3.8, 4) is 17.2 Å². The second kappa shape index (κ2) is 9.21. The number of fused-ring (bicyclic) bond motifs is 1. The molecule has 0 saturated carbocycles. The first-order valence-corrected chi connectivity index (χ1v) is 10.3. The van der Waals surface area contributed by atoms with Crippen LogP contribution in [0.15, 0.2) is 54.6 Å². The van der Waals surface area contributed by atoms with E-state index in [4.69, 9.17) is 21.7 Å². The topological polar surface area (TPSA) is 90.3 Å². The van der Waals surface area contributed by atoms with Crippen LogP contribution in [-0.4, -0.2) is 40.2 Å². The maximum Gasteiger partial charge on any atom is 0.257 e. The molecule has 1 heterocycles. The van der Waals surface area contributed by atoms with Crippen molar-refractivity contribution >= 4 is 40.0 Å². The fourth-order valence-corrected chi connectivity index (χ4v) is 3.36. The van der Waals surface area contributed by atoms with Gasteiger partial charge in [-0.15, -0.1) is 10.2 Å². The second-order valence-corrected chi connectivity index (χ2v) is 7.54. The Labute approximate surface area is 194 Å². The number of rotatable bonds is 5. The fraction of sp³-hybridized carbons (Fsp3) is 0.130. The minimum atomic E-state index is -0.411. The number of nitrogens with zero attached hydrogens (tertiary/aromatic N) is 3. The highest BCUT2D eigenvalue weighted by Crippen LogP contribution is 2.24. The Hall–Kier alpha value is -4.05. The van der Waals surface area contributed by atoms with Crippen LogP contribution >= 0.6 is 12.2 Å². The molecule has 4 rings (SSSR count). The number of hydrogen-bond acceptors (Lipinski definition) is 6. The van der Waals surface area contributed by atoms with Gasteiger partial charge in [-0.3, -0.25) is 10.1 Å². The third-order valence-corrected chi connectivity index (χ3v) is 5.08. The van der Waals surface area contributed by atoms with Gasteiger partial charge >= 0.3 is 0 Å². The standard InChI is InChI=1S/C23H20FN5O3S/c1-13-8-20-21(28-29(27-20)16-6-4-15(24)5-7-16)12-19(13)25-23(33)26-22(30)14-9-17(31-2)11-18(10-14)32-3/h4-12H,1-3H3,(H2,25,26,30,33). The maximum absolute atomic E-state index is 13.2. The number of carbonyl (C=O) groups excluding carboxylic acids is 1. The van der Waals surface area contributed by atoms with Gasteiger partial charge in [0, 0.05) is 17.3 Å². The Balaban J connectivity index is 1.52. The van der Waals surface area contributed by atoms with Crippen molar-refractivity contribution in [1.29, 1.82) is 0 Å². The number of methoxy groups -OCH3 is 2. The van der Waals surface area contributed by atoms with E-state index in [1.807, 2.05) is 13.0 Å². The number of hydrogen-bond donors (Lipinski definition) is 2. The fourth-order valence-electron chi connectivity index (χ4n) is 3.16. The molecule has 0 spiro atoms. The Morgan fingerprint density at radius 2 is 1.58 bits per heavy atom. The van der Waals surface area contributed by atoms with Gasteiger partial charge in [-0.05, 0) is 73.2 Å². The quantitative estimate of drug-likeness (QED) is 0.431. The molecule has 0 aliphatic rings. The van der Waals surface area contributed by atoms with E-state index in [9.17, 15) is 9.18 Å². The number of aryl methyl sites for hydroxylation is 1. The maximum atomic E-state index is 13.2. The predicted octanol–water partition coefficient (Wildman–Crippen LogP) is 4.01. The van der Waals surface area contributed by atoms with E-state index >= 15 is 0 Å². The number of benzene rings is 3. The summed E-state index contributed by atoms with van der Waals surface area (Å²) in [6.45, 7) is 1.88. The van der Waals surface area contributed by atoms with E-state index in [0.29, 0.717) is 39.5 Å². The summed E-state index contributed by atoms with van der Waals surface area (Å²) < 4.78 is 23.6. The second-order valence-electron chi connectivity index (χ2n) is 7.13. The summed E-state index contributed by atoms with van der Waals surface area (Å²) >= 11 is 5.33. The molecule has 0 aliphatic heterocycles. The molecular weight excluding hydrogens is 445 g/mol. The number of nitrogens with one attached hydrogen (secondary N) is 2. The van der Waals surface area contributed by atoms with Crippen LogP contribution in [0.3, 0.4) is 0 Å². The lowest BCUT2D eigenvalue weighted by Gasteiger charge is -2.12. The Bertz CT molecular complexity index is 1330. The molecule has 0 bridgehead atoms. The number of aromatic nitrogens is 3. The molecule has 33 heavy (non-hydrogen) atoms. The van der Waals surface area contributed by atoms with Crippen molar-refractivity contribution in [3.05, 3.63) is 71.5 Å². The van der Waals surface area contributed by atoms with Crippen molar-refractivity contribution in [3.63, 3.8) is 0 Å². The third-order valence-electron chi connectivity index (χ3n) is 4.87. The molecule has 1 amide bonds. The summed E-state index contributed by atoms with van der Waals surface area (Å²) in [4.78, 5) is 14.1. The Morgan fingerprint density at radius 1 is 0.970 bits per heavy atom. The van der Waals surface area contributed by atoms with Gasteiger partial charge in [0.05, 0.1) is 19.9 Å². The van der Waals surface area contributed by atoms with Gasteiger partial charge in [-0.2, -0.15) is 4.80 Å². The summed E-state index contributed by atoms with van der Waals surface area (Å²) in [5, 5.41) is 14.7. The normalized spacial score (nSPS) is 10.7. The molecule has 0 saturated heterocycles. The van der Waals surface area contributed by atoms with Crippen molar-refractivity contribution in [1.82, 2.24) is 20.3 Å². The first-order chi connectivity index (χ1) is 15.9. The van der Waals surface area contributed by atoms with Crippen molar-refractivity contribution in [2.24, 2.45) is 0 Å². The van der Waals surface area contributed by atoms with E-state index in [0.717, 1.165) is 5.56 Å². The molecule has 0 fully saturated rings. The van der Waals surface area contributed by atoms with Crippen LogP contribution in [0.2, 0.25) is 0 Å². The summed E-state index contributed by atoms with van der Waals surface area (Å²) in [5.41, 5.74) is 3.77. The summed E-state index contributed by atoms with van der Waals surface area (Å²) in [5.74, 6) is 0.235. The molecule has 0 atom stereocenters. The van der Waals surface area contributed by atoms with Gasteiger partial charge < -0.3 is 14.8 Å². The van der Waals surface area contributed by atoms with Gasteiger partial charge in [0.1, 0.15) is 28.3 Å². The average Bonchev–Trinajstić information content (AvgIpc) is 3.21. The van der Waals surface area contributed by atoms with Crippen molar-refractivity contribution in [2.45, 2.75) is 6.92 Å². The number of amides is 1. The largest absolute Gasteiger partial charge is 0.497 e. The molecule has 10 heteroatoms. The minimum Gasteiger partial charge on any atom is -0.497 e. The molecule has 2 N–H and O–H groups in total. The lowest BCUT2D eigenvalue weighted by Crippen LogP contribution is -2.34. The molecule has 168 valence electrons. The Kier molecular flexibility index (Phi) is 6.18. The number of ether oxygens (including phenoxy) is 2. The van der Waals surface area contributed by atoms with Gasteiger partial charge in [0.25, 0.3) is 5.91 Å². The number of thiocarbonyl (C=S) groups is 1. The highest BCUT2D eigenvalue weighted by atomic mass is 32.1. The van der Waals surface area contributed by atoms with Crippen molar-refractivity contribution in [2.75, 3.05) is 19.5 Å². The smallest absolute Gasteiger partial charge is 0.257 e. The number of carbonyl (C=O) groups is 1. The van der Waals surface area contributed by atoms with E-state index < -0.39 is 5.91 Å². The van der Waals surface area contributed by atoms with Gasteiger partial charge in [-0.25, -0.2) is 4.39 Å². The highest BCUT2D eigenvalue weighted by Gasteiger charge is 2.14. The molecule has 3 aromatic carbocycles. The SMILES string of the molecule is COc1cc(OC)cc(C(=O)NC(=S)Nc2cc3nn(-c4ccc(F)cc4)nc3cc2C)c1. The van der Waals surface area contributed by atoms with Crippen LogP contribution in [0.1, 0.15) is 15.9 Å². The Morgan fingerprint density at radius 3 is 2.18 bits per heavy atom. The molecule has 0 aliphatic carbocycles. The summed E-state index contributed by atoms with van der Waals surface area (Å²) in [6, 6.07) is 14.4. The lowest BCUT2D eigenvalue weighted by atomic mass is 10.1. The number of halogens is 1. The molecular formula is C23H20FN5O3S. The van der Waals surface area contributed by atoms with Crippen LogP contribution in [0.5, 0.6) is 11.5 Å². The van der Waals surface area contributed by atoms with E-state index in [1.54, 1.807) is 36.4 Å². The molecule has 8 nitrogen and oxygen atoms in total. The minimum absolute atomic E-state index is 0.121. The zero-order chi connectivity index (χ0) is 23.5. The van der Waals surface area contributed by atoms with Gasteiger partial charge in [-0.1, -0.05) is 0 Å². The lowest BCUT2D eigenvalue weighted by molar-refractivity contribution is 0.0977. The highest BCUT2D eigenvalue weighted by molar-refractivity contribution is 7.80. The van der Waals surface area contributed by atoms with E-state index in [2.05, 4.69) is 20.8 Å². The van der Waals surface area contributed by atoms with Gasteiger partial charge in [0.2, 0.25) is 0 Å². The molecule has 0 unspecified atom stereocenters. The van der Waals surface area contributed by atoms with Crippen LogP contribution in [0.25, 0.3) is 16.7 Å². The zero-order valence-corrected chi connectivity index (χ0v) is 18.9. The summed E-state index contributed by atoms with van der Waals surface area (Å²) in [6.07, 6.45) is 0. The van der Waals surface area contributed by atoms with Crippen LogP contribution in [0, 0.1) is 12.7 Å². The number of anilines is 1. The first-order valence-electron chi connectivity index (χ1n) is 9.85. The van der Waals surface area contributed by atoms with Gasteiger partial charge in [0.15, 0.2) is 5.11 Å². The van der Waals surface area contributed by atoms with E-state index in [1.165, 1.54) is 31.1 Å². The first kappa shape index (κ1) is 22.2. The third kappa shape index (κ3) is 4.90. The van der Waals surface area contributed by atoms with Crippen LogP contribution in [0.4, 0.5) is 10.1 Å². The molecule has 1 aromatic heterocycles. The molecule has 4 aromatic rings.